The molecule has 110 valence electrons. The van der Waals surface area contributed by atoms with Crippen LogP contribution in [0.3, 0.4) is 0 Å². The smallest absolute Gasteiger partial charge is 0.280 e. The van der Waals surface area contributed by atoms with Crippen LogP contribution in [0.15, 0.2) is 11.1 Å². The highest BCUT2D eigenvalue weighted by Gasteiger charge is 2.14. The van der Waals surface area contributed by atoms with Gasteiger partial charge in [-0.2, -0.15) is 4.98 Å². The summed E-state index contributed by atoms with van der Waals surface area (Å²) in [7, 11) is 1.56. The summed E-state index contributed by atoms with van der Waals surface area (Å²) in [6.45, 7) is 0.866. The van der Waals surface area contributed by atoms with Crippen molar-refractivity contribution in [1.29, 1.82) is 0 Å². The summed E-state index contributed by atoms with van der Waals surface area (Å²) in [5.74, 6) is 0.0313. The first kappa shape index (κ1) is 14.4. The molecular formula is C11H17N5O4. The maximum atomic E-state index is 11.7. The Labute approximate surface area is 114 Å². The minimum atomic E-state index is -0.384. The molecule has 0 aliphatic carbocycles. The molecule has 1 unspecified atom stereocenters. The fourth-order valence-electron chi connectivity index (χ4n) is 1.88. The monoisotopic (exact) mass is 283 g/mol. The molecule has 0 aliphatic rings. The predicted octanol–water partition coefficient (Wildman–Crippen LogP) is -1.27. The number of H-pyrrole nitrogens is 1. The molecule has 9 nitrogen and oxygen atoms in total. The fourth-order valence-corrected chi connectivity index (χ4v) is 1.88. The topological polar surface area (TPSA) is 128 Å². The van der Waals surface area contributed by atoms with E-state index in [9.17, 15) is 4.79 Å². The van der Waals surface area contributed by atoms with E-state index in [1.54, 1.807) is 11.7 Å². The lowest BCUT2D eigenvalue weighted by atomic mass is 10.3. The number of hydrogen-bond acceptors (Lipinski definition) is 7. The summed E-state index contributed by atoms with van der Waals surface area (Å²) in [6, 6.07) is 0. The molecular weight excluding hydrogens is 266 g/mol. The number of ether oxygens (including phenoxy) is 2. The molecule has 9 heteroatoms. The molecule has 2 rings (SSSR count). The number of nitrogens with two attached hydrogens (primary N) is 1. The molecule has 0 bridgehead atoms. The fraction of sp³-hybridized carbons (Fsp3) is 0.545. The third-order valence-corrected chi connectivity index (χ3v) is 2.69. The van der Waals surface area contributed by atoms with Gasteiger partial charge in [-0.15, -0.1) is 0 Å². The molecule has 20 heavy (non-hydrogen) atoms. The van der Waals surface area contributed by atoms with Crippen LogP contribution in [0, 0.1) is 0 Å². The molecule has 2 aromatic heterocycles. The average molecular weight is 283 g/mol. The number of nitrogens with one attached hydrogen (secondary N) is 1. The van der Waals surface area contributed by atoms with Crippen molar-refractivity contribution in [3.63, 3.8) is 0 Å². The highest BCUT2D eigenvalue weighted by atomic mass is 16.5. The zero-order chi connectivity index (χ0) is 14.5. The van der Waals surface area contributed by atoms with E-state index in [4.69, 9.17) is 20.3 Å². The first-order chi connectivity index (χ1) is 9.65. The molecule has 0 aromatic carbocycles. The Morgan fingerprint density at radius 3 is 3.10 bits per heavy atom. The van der Waals surface area contributed by atoms with Gasteiger partial charge in [0.1, 0.15) is 0 Å². The van der Waals surface area contributed by atoms with Crippen LogP contribution >= 0.6 is 0 Å². The van der Waals surface area contributed by atoms with Crippen LogP contribution in [-0.4, -0.2) is 57.7 Å². The second kappa shape index (κ2) is 6.46. The van der Waals surface area contributed by atoms with Crippen molar-refractivity contribution < 1.29 is 14.6 Å². The SMILES string of the molecule is COCC(Cn1cnc2c(=O)[nH]c(N)nc21)OCCO. The van der Waals surface area contributed by atoms with Crippen LogP contribution in [0.1, 0.15) is 0 Å². The van der Waals surface area contributed by atoms with Crippen molar-refractivity contribution in [1.82, 2.24) is 19.5 Å². The van der Waals surface area contributed by atoms with Crippen molar-refractivity contribution in [2.24, 2.45) is 0 Å². The van der Waals surface area contributed by atoms with E-state index in [1.807, 2.05) is 0 Å². The lowest BCUT2D eigenvalue weighted by Gasteiger charge is -2.17. The van der Waals surface area contributed by atoms with E-state index in [1.165, 1.54) is 6.33 Å². The molecule has 1 atom stereocenters. The summed E-state index contributed by atoms with van der Waals surface area (Å²) < 4.78 is 12.2. The van der Waals surface area contributed by atoms with E-state index in [-0.39, 0.29) is 36.3 Å². The van der Waals surface area contributed by atoms with E-state index in [0.717, 1.165) is 0 Å². The Morgan fingerprint density at radius 1 is 1.60 bits per heavy atom. The second-order valence-corrected chi connectivity index (χ2v) is 4.19. The minimum Gasteiger partial charge on any atom is -0.394 e. The number of rotatable bonds is 7. The number of methoxy groups -OCH3 is 1. The Morgan fingerprint density at radius 2 is 2.40 bits per heavy atom. The van der Waals surface area contributed by atoms with Gasteiger partial charge in [0.05, 0.1) is 38.8 Å². The number of aromatic amines is 1. The summed E-state index contributed by atoms with van der Waals surface area (Å²) in [6.07, 6.45) is 1.21. The zero-order valence-electron chi connectivity index (χ0n) is 11.1. The van der Waals surface area contributed by atoms with Gasteiger partial charge in [-0.25, -0.2) is 4.98 Å². The number of anilines is 1. The lowest BCUT2D eigenvalue weighted by molar-refractivity contribution is -0.0230. The van der Waals surface area contributed by atoms with Crippen molar-refractivity contribution >= 4 is 17.1 Å². The van der Waals surface area contributed by atoms with Crippen LogP contribution in [-0.2, 0) is 16.0 Å². The third-order valence-electron chi connectivity index (χ3n) is 2.69. The van der Waals surface area contributed by atoms with Gasteiger partial charge in [0.2, 0.25) is 5.95 Å². The lowest BCUT2D eigenvalue weighted by Crippen LogP contribution is -2.26. The summed E-state index contributed by atoms with van der Waals surface area (Å²) in [5, 5.41) is 8.79. The summed E-state index contributed by atoms with van der Waals surface area (Å²) >= 11 is 0. The first-order valence-electron chi connectivity index (χ1n) is 6.07. The van der Waals surface area contributed by atoms with Gasteiger partial charge in [-0.3, -0.25) is 9.78 Å². The molecule has 2 heterocycles. The number of fused-ring (bicyclic) bond motifs is 1. The van der Waals surface area contributed by atoms with Gasteiger partial charge in [0.15, 0.2) is 11.2 Å². The van der Waals surface area contributed by atoms with Crippen LogP contribution in [0.25, 0.3) is 11.2 Å². The van der Waals surface area contributed by atoms with Gasteiger partial charge >= 0.3 is 0 Å². The van der Waals surface area contributed by atoms with E-state index in [0.29, 0.717) is 18.8 Å². The quantitative estimate of drug-likeness (QED) is 0.577. The average Bonchev–Trinajstić information content (AvgIpc) is 2.79. The maximum Gasteiger partial charge on any atom is 0.280 e. The van der Waals surface area contributed by atoms with Crippen molar-refractivity contribution in [3.8, 4) is 0 Å². The Hall–Kier alpha value is -1.97. The van der Waals surface area contributed by atoms with Crippen LogP contribution < -0.4 is 11.3 Å². The van der Waals surface area contributed by atoms with Crippen LogP contribution in [0.5, 0.6) is 0 Å². The number of aliphatic hydroxyl groups excluding tert-OH is 1. The van der Waals surface area contributed by atoms with E-state index in [2.05, 4.69) is 15.0 Å². The molecule has 4 N–H and O–H groups in total. The molecule has 0 radical (unpaired) electrons. The second-order valence-electron chi connectivity index (χ2n) is 4.19. The molecule has 2 aromatic rings. The normalized spacial score (nSPS) is 12.9. The highest BCUT2D eigenvalue weighted by Crippen LogP contribution is 2.08. The third kappa shape index (κ3) is 3.13. The number of aliphatic hydroxyl groups is 1. The largest absolute Gasteiger partial charge is 0.394 e. The number of nitrogens with zero attached hydrogens (tertiary/aromatic N) is 3. The number of hydrogen-bond donors (Lipinski definition) is 3. The van der Waals surface area contributed by atoms with Crippen LogP contribution in [0.2, 0.25) is 0 Å². The molecule has 0 amide bonds. The summed E-state index contributed by atoms with van der Waals surface area (Å²) in [5.41, 5.74) is 5.75. The minimum absolute atomic E-state index is 0.0313. The molecule has 0 saturated heterocycles. The Kier molecular flexibility index (Phi) is 4.66. The Bertz CT molecular complexity index is 623. The van der Waals surface area contributed by atoms with E-state index < -0.39 is 0 Å². The number of aromatic nitrogens is 4. The number of imidazole rings is 1. The van der Waals surface area contributed by atoms with Gasteiger partial charge in [0, 0.05) is 7.11 Å². The van der Waals surface area contributed by atoms with Gasteiger partial charge in [0.25, 0.3) is 5.56 Å². The van der Waals surface area contributed by atoms with Crippen molar-refractivity contribution in [2.75, 3.05) is 32.7 Å². The maximum absolute atomic E-state index is 11.7. The molecule has 0 spiro atoms. The first-order valence-corrected chi connectivity index (χ1v) is 6.07. The predicted molar refractivity (Wildman–Crippen MR) is 71.3 cm³/mol. The van der Waals surface area contributed by atoms with Gasteiger partial charge in [-0.05, 0) is 0 Å². The zero-order valence-corrected chi connectivity index (χ0v) is 11.1. The molecule has 0 aliphatic heterocycles. The highest BCUT2D eigenvalue weighted by molar-refractivity contribution is 5.70. The van der Waals surface area contributed by atoms with Gasteiger partial charge in [-0.1, -0.05) is 0 Å². The number of nitrogen functional groups attached to an aromatic ring is 1. The van der Waals surface area contributed by atoms with Crippen LogP contribution in [0.4, 0.5) is 5.95 Å². The standard InChI is InChI=1S/C11H17N5O4/c1-19-5-7(20-3-2-17)4-16-6-13-8-9(16)14-11(12)15-10(8)18/h6-7,17H,2-5H2,1H3,(H3,12,14,15,18). The molecule has 0 saturated carbocycles. The van der Waals surface area contributed by atoms with E-state index >= 15 is 0 Å². The van der Waals surface area contributed by atoms with Crippen molar-refractivity contribution in [2.45, 2.75) is 12.6 Å². The van der Waals surface area contributed by atoms with Gasteiger partial charge < -0.3 is 24.9 Å². The Balaban J connectivity index is 2.25. The summed E-state index contributed by atoms with van der Waals surface area (Å²) in [4.78, 5) is 22.1. The molecule has 0 fully saturated rings. The van der Waals surface area contributed by atoms with Crippen molar-refractivity contribution in [3.05, 3.63) is 16.7 Å².